The molecule has 4 rings (SSSR count). The first kappa shape index (κ1) is 34.3. The lowest BCUT2D eigenvalue weighted by molar-refractivity contribution is 0.0481. The number of hydrogen-bond acceptors (Lipinski definition) is 8. The number of carbonyl (C=O) groups is 4. The summed E-state index contributed by atoms with van der Waals surface area (Å²) in [5.74, 6) is -0.178. The van der Waals surface area contributed by atoms with Crippen molar-refractivity contribution in [3.63, 3.8) is 0 Å². The maximum Gasteiger partial charge on any atom is 0.338 e. The summed E-state index contributed by atoms with van der Waals surface area (Å²) < 4.78 is 11.0. The van der Waals surface area contributed by atoms with Crippen LogP contribution in [0, 0.1) is 0 Å². The van der Waals surface area contributed by atoms with E-state index in [0.717, 1.165) is 0 Å². The summed E-state index contributed by atoms with van der Waals surface area (Å²) in [5, 5.41) is 6.12. The second-order valence-electron chi connectivity index (χ2n) is 10.2. The molecule has 0 aromatic heterocycles. The number of carbonyl (C=O) groups excluding carboxylic acids is 4. The Morgan fingerprint density at radius 1 is 0.478 bits per heavy atom. The van der Waals surface area contributed by atoms with Gasteiger partial charge in [0, 0.05) is 47.6 Å². The van der Waals surface area contributed by atoms with Crippen LogP contribution in [0.5, 0.6) is 0 Å². The lowest BCUT2D eigenvalue weighted by Gasteiger charge is -2.21. The minimum Gasteiger partial charge on any atom is -0.462 e. The standard InChI is InChI=1S/C36H36N2O6S2/c39-33(27-13-5-1-6-14-27)37-31(21-23-43-35(41)29-17-9-3-10-18-29)25-45-46-26-32(38-34(40)28-15-7-2-8-16-28)22-24-44-36(42)30-19-11-4-12-20-30/h1-20,31-32H,21-26H2,(H,37,39)(H,38,40). The molecule has 2 unspecified atom stereocenters. The van der Waals surface area contributed by atoms with Gasteiger partial charge in [-0.15, -0.1) is 0 Å². The lowest BCUT2D eigenvalue weighted by atomic mass is 10.2. The first-order valence-corrected chi connectivity index (χ1v) is 17.4. The number of amides is 2. The SMILES string of the molecule is O=C(NC(CCOC(=O)c1ccccc1)CSSCC(CCOC(=O)c1ccccc1)NC(=O)c1ccccc1)c1ccccc1. The summed E-state index contributed by atoms with van der Waals surface area (Å²) >= 11 is 0. The zero-order chi connectivity index (χ0) is 32.4. The van der Waals surface area contributed by atoms with E-state index < -0.39 is 11.9 Å². The van der Waals surface area contributed by atoms with Gasteiger partial charge in [-0.2, -0.15) is 0 Å². The monoisotopic (exact) mass is 656 g/mol. The number of rotatable bonds is 17. The van der Waals surface area contributed by atoms with Gasteiger partial charge in [0.2, 0.25) is 0 Å². The second-order valence-corrected chi connectivity index (χ2v) is 12.8. The van der Waals surface area contributed by atoms with Crippen molar-refractivity contribution >= 4 is 45.3 Å². The third-order valence-electron chi connectivity index (χ3n) is 6.78. The molecule has 4 aromatic carbocycles. The molecule has 2 N–H and O–H groups in total. The summed E-state index contributed by atoms with van der Waals surface area (Å²) in [6.45, 7) is 0.280. The van der Waals surface area contributed by atoms with Crippen molar-refractivity contribution in [1.29, 1.82) is 0 Å². The van der Waals surface area contributed by atoms with E-state index in [1.807, 2.05) is 24.3 Å². The fraction of sp³-hybridized carbons (Fsp3) is 0.222. The van der Waals surface area contributed by atoms with Crippen LogP contribution in [0.15, 0.2) is 121 Å². The van der Waals surface area contributed by atoms with Crippen molar-refractivity contribution in [3.05, 3.63) is 144 Å². The first-order valence-electron chi connectivity index (χ1n) is 14.9. The molecule has 8 nitrogen and oxygen atoms in total. The average Bonchev–Trinajstić information content (AvgIpc) is 3.11. The summed E-state index contributed by atoms with van der Waals surface area (Å²) in [5.41, 5.74) is 2.02. The molecule has 4 aromatic rings. The van der Waals surface area contributed by atoms with Crippen LogP contribution in [0.3, 0.4) is 0 Å². The highest BCUT2D eigenvalue weighted by Crippen LogP contribution is 2.25. The van der Waals surface area contributed by atoms with Gasteiger partial charge in [0.25, 0.3) is 11.8 Å². The molecule has 46 heavy (non-hydrogen) atoms. The smallest absolute Gasteiger partial charge is 0.338 e. The van der Waals surface area contributed by atoms with Gasteiger partial charge in [-0.25, -0.2) is 9.59 Å². The maximum atomic E-state index is 12.9. The molecule has 2 atom stereocenters. The Kier molecular flexibility index (Phi) is 14.2. The summed E-state index contributed by atoms with van der Waals surface area (Å²) in [7, 11) is 3.09. The lowest BCUT2D eigenvalue weighted by Crippen LogP contribution is -2.38. The highest BCUT2D eigenvalue weighted by Gasteiger charge is 2.19. The molecule has 0 saturated carbocycles. The number of benzene rings is 4. The average molecular weight is 657 g/mol. The summed E-state index contributed by atoms with van der Waals surface area (Å²) in [6.07, 6.45) is 0.850. The van der Waals surface area contributed by atoms with E-state index in [1.54, 1.807) is 119 Å². The van der Waals surface area contributed by atoms with Crippen molar-refractivity contribution in [2.24, 2.45) is 0 Å². The topological polar surface area (TPSA) is 111 Å². The van der Waals surface area contributed by atoms with Crippen molar-refractivity contribution in [2.75, 3.05) is 24.7 Å². The zero-order valence-corrected chi connectivity index (χ0v) is 26.8. The Bertz CT molecular complexity index is 1410. The fourth-order valence-corrected chi connectivity index (χ4v) is 6.86. The van der Waals surface area contributed by atoms with E-state index in [4.69, 9.17) is 9.47 Å². The van der Waals surface area contributed by atoms with Crippen LogP contribution in [0.25, 0.3) is 0 Å². The van der Waals surface area contributed by atoms with E-state index in [-0.39, 0.29) is 37.1 Å². The van der Waals surface area contributed by atoms with E-state index in [1.165, 1.54) is 0 Å². The number of hydrogen-bond donors (Lipinski definition) is 2. The Morgan fingerprint density at radius 3 is 1.11 bits per heavy atom. The molecule has 0 spiro atoms. The zero-order valence-electron chi connectivity index (χ0n) is 25.2. The Hall–Kier alpha value is -4.54. The fourth-order valence-electron chi connectivity index (χ4n) is 4.27. The molecule has 238 valence electrons. The molecule has 0 saturated heterocycles. The van der Waals surface area contributed by atoms with Crippen molar-refractivity contribution < 1.29 is 28.7 Å². The first-order chi connectivity index (χ1) is 22.5. The minimum atomic E-state index is -0.416. The molecule has 0 aliphatic heterocycles. The van der Waals surface area contributed by atoms with E-state index in [0.29, 0.717) is 46.6 Å². The number of nitrogens with one attached hydrogen (secondary N) is 2. The van der Waals surface area contributed by atoms with Gasteiger partial charge in [-0.05, 0) is 48.5 Å². The van der Waals surface area contributed by atoms with Gasteiger partial charge < -0.3 is 20.1 Å². The summed E-state index contributed by atoms with van der Waals surface area (Å²) in [6, 6.07) is 34.9. The Morgan fingerprint density at radius 2 is 0.783 bits per heavy atom. The number of ether oxygens (including phenoxy) is 2. The molecule has 0 bridgehead atoms. The Balaban J connectivity index is 1.31. The highest BCUT2D eigenvalue weighted by atomic mass is 33.1. The third-order valence-corrected chi connectivity index (χ3v) is 9.34. The maximum absolute atomic E-state index is 12.9. The predicted octanol–water partition coefficient (Wildman–Crippen LogP) is 6.46. The molecule has 2 amide bonds. The normalized spacial score (nSPS) is 11.9. The van der Waals surface area contributed by atoms with Crippen LogP contribution in [0.1, 0.15) is 54.3 Å². The van der Waals surface area contributed by atoms with E-state index >= 15 is 0 Å². The van der Waals surface area contributed by atoms with Crippen LogP contribution in [-0.4, -0.2) is 60.6 Å². The van der Waals surface area contributed by atoms with Crippen LogP contribution >= 0.6 is 21.6 Å². The molecule has 10 heteroatoms. The molecule has 0 radical (unpaired) electrons. The Labute approximate surface area is 277 Å². The van der Waals surface area contributed by atoms with Crippen molar-refractivity contribution in [1.82, 2.24) is 10.6 Å². The molecule has 0 heterocycles. The van der Waals surface area contributed by atoms with Crippen LogP contribution in [0.2, 0.25) is 0 Å². The van der Waals surface area contributed by atoms with Gasteiger partial charge in [-0.1, -0.05) is 94.4 Å². The van der Waals surface area contributed by atoms with E-state index in [9.17, 15) is 19.2 Å². The van der Waals surface area contributed by atoms with E-state index in [2.05, 4.69) is 10.6 Å². The predicted molar refractivity (Wildman–Crippen MR) is 183 cm³/mol. The molecular weight excluding hydrogens is 621 g/mol. The molecule has 0 aliphatic carbocycles. The van der Waals surface area contributed by atoms with Gasteiger partial charge in [0.05, 0.1) is 24.3 Å². The quantitative estimate of drug-likeness (QED) is 0.0757. The molecular formula is C36H36N2O6S2. The second kappa shape index (κ2) is 19.1. The largest absolute Gasteiger partial charge is 0.462 e. The third kappa shape index (κ3) is 11.8. The van der Waals surface area contributed by atoms with Crippen molar-refractivity contribution in [2.45, 2.75) is 24.9 Å². The van der Waals surface area contributed by atoms with Crippen LogP contribution in [-0.2, 0) is 9.47 Å². The molecule has 0 fully saturated rings. The van der Waals surface area contributed by atoms with Crippen LogP contribution in [0.4, 0.5) is 0 Å². The van der Waals surface area contributed by atoms with Crippen LogP contribution < -0.4 is 10.6 Å². The van der Waals surface area contributed by atoms with Gasteiger partial charge in [0.1, 0.15) is 0 Å². The van der Waals surface area contributed by atoms with Gasteiger partial charge >= 0.3 is 11.9 Å². The van der Waals surface area contributed by atoms with Crippen molar-refractivity contribution in [3.8, 4) is 0 Å². The molecule has 0 aliphatic rings. The van der Waals surface area contributed by atoms with Gasteiger partial charge in [-0.3, -0.25) is 9.59 Å². The number of esters is 2. The summed E-state index contributed by atoms with van der Waals surface area (Å²) in [4.78, 5) is 50.7. The minimum absolute atomic E-state index is 0.140. The van der Waals surface area contributed by atoms with Gasteiger partial charge in [0.15, 0.2) is 0 Å². The highest BCUT2D eigenvalue weighted by molar-refractivity contribution is 8.76.